The first-order chi connectivity index (χ1) is 13.0. The number of nitrogens with one attached hydrogen (secondary N) is 1. The molecule has 0 spiro atoms. The highest BCUT2D eigenvalue weighted by atomic mass is 35.5. The zero-order chi connectivity index (χ0) is 19.6. The Morgan fingerprint density at radius 3 is 2.41 bits per heavy atom. The highest BCUT2D eigenvalue weighted by molar-refractivity contribution is 6.32. The molecule has 1 N–H and O–H groups in total. The number of benzene rings is 2. The van der Waals surface area contributed by atoms with E-state index in [1.165, 1.54) is 0 Å². The molecule has 144 valence electrons. The Labute approximate surface area is 164 Å². The molecule has 5 nitrogen and oxygen atoms in total. The number of anilines is 1. The molecule has 2 rings (SSSR count). The standard InChI is InChI=1S/C21H24ClNO4/c1-3-5-14-26-21(25)15-10-12-16(13-11-15)23-20(24)18(4-2)27-19-9-7-6-8-17(19)22/h6-13,18H,3-5,14H2,1-2H3,(H,23,24)/t18-/m0/s1. The average Bonchev–Trinajstić information content (AvgIpc) is 2.68. The molecule has 1 amide bonds. The first kappa shape index (κ1) is 20.8. The van der Waals surface area contributed by atoms with Crippen molar-refractivity contribution >= 4 is 29.2 Å². The lowest BCUT2D eigenvalue weighted by molar-refractivity contribution is -0.122. The van der Waals surface area contributed by atoms with Crippen LogP contribution in [0.1, 0.15) is 43.5 Å². The normalized spacial score (nSPS) is 11.5. The summed E-state index contributed by atoms with van der Waals surface area (Å²) in [6.45, 7) is 4.30. The van der Waals surface area contributed by atoms with Gasteiger partial charge in [-0.2, -0.15) is 0 Å². The van der Waals surface area contributed by atoms with Gasteiger partial charge in [-0.25, -0.2) is 4.79 Å². The third-order valence-electron chi connectivity index (χ3n) is 3.89. The fourth-order valence-corrected chi connectivity index (χ4v) is 2.50. The van der Waals surface area contributed by atoms with E-state index in [-0.39, 0.29) is 11.9 Å². The number of ether oxygens (including phenoxy) is 2. The summed E-state index contributed by atoms with van der Waals surface area (Å²) < 4.78 is 10.9. The number of para-hydroxylation sites is 1. The Morgan fingerprint density at radius 2 is 1.78 bits per heavy atom. The molecule has 2 aromatic rings. The lowest BCUT2D eigenvalue weighted by atomic mass is 10.2. The number of hydrogen-bond donors (Lipinski definition) is 1. The van der Waals surface area contributed by atoms with Crippen molar-refractivity contribution in [1.29, 1.82) is 0 Å². The van der Waals surface area contributed by atoms with Gasteiger partial charge in [0.1, 0.15) is 5.75 Å². The molecule has 1 atom stereocenters. The van der Waals surface area contributed by atoms with Gasteiger partial charge in [-0.3, -0.25) is 4.79 Å². The molecule has 0 bridgehead atoms. The van der Waals surface area contributed by atoms with Gasteiger partial charge in [0.25, 0.3) is 5.91 Å². The highest BCUT2D eigenvalue weighted by Crippen LogP contribution is 2.25. The van der Waals surface area contributed by atoms with Gasteiger partial charge in [0.15, 0.2) is 6.10 Å². The summed E-state index contributed by atoms with van der Waals surface area (Å²) in [6.07, 6.45) is 1.61. The first-order valence-electron chi connectivity index (χ1n) is 9.04. The third kappa shape index (κ3) is 6.29. The number of esters is 1. The predicted octanol–water partition coefficient (Wildman–Crippen LogP) is 5.09. The van der Waals surface area contributed by atoms with E-state index in [0.29, 0.717) is 35.1 Å². The second kappa shape index (κ2) is 10.6. The summed E-state index contributed by atoms with van der Waals surface area (Å²) in [5.41, 5.74) is 1.02. The van der Waals surface area contributed by atoms with Crippen LogP contribution >= 0.6 is 11.6 Å². The van der Waals surface area contributed by atoms with E-state index in [2.05, 4.69) is 5.32 Å². The summed E-state index contributed by atoms with van der Waals surface area (Å²) in [5, 5.41) is 3.25. The van der Waals surface area contributed by atoms with Crippen molar-refractivity contribution in [1.82, 2.24) is 0 Å². The highest BCUT2D eigenvalue weighted by Gasteiger charge is 2.19. The molecule has 0 heterocycles. The molecule has 27 heavy (non-hydrogen) atoms. The van der Waals surface area contributed by atoms with E-state index in [9.17, 15) is 9.59 Å². The van der Waals surface area contributed by atoms with Gasteiger partial charge in [0, 0.05) is 5.69 Å². The molecule has 0 fully saturated rings. The molecule has 0 aromatic heterocycles. The number of unbranched alkanes of at least 4 members (excludes halogenated alkanes) is 1. The van der Waals surface area contributed by atoms with Gasteiger partial charge in [0.05, 0.1) is 17.2 Å². The van der Waals surface area contributed by atoms with Crippen LogP contribution in [0.15, 0.2) is 48.5 Å². The van der Waals surface area contributed by atoms with Crippen molar-refractivity contribution in [2.24, 2.45) is 0 Å². The van der Waals surface area contributed by atoms with E-state index >= 15 is 0 Å². The molecule has 2 aromatic carbocycles. The van der Waals surface area contributed by atoms with Crippen LogP contribution < -0.4 is 10.1 Å². The molecular formula is C21H24ClNO4. The van der Waals surface area contributed by atoms with E-state index in [0.717, 1.165) is 12.8 Å². The Hall–Kier alpha value is -2.53. The Bertz CT molecular complexity index is 761. The van der Waals surface area contributed by atoms with Crippen LogP contribution in [0.25, 0.3) is 0 Å². The maximum absolute atomic E-state index is 12.5. The van der Waals surface area contributed by atoms with Crippen LogP contribution in [0.4, 0.5) is 5.69 Å². The van der Waals surface area contributed by atoms with Crippen LogP contribution in [0.5, 0.6) is 5.75 Å². The van der Waals surface area contributed by atoms with Crippen LogP contribution in [0, 0.1) is 0 Å². The van der Waals surface area contributed by atoms with E-state index in [4.69, 9.17) is 21.1 Å². The van der Waals surface area contributed by atoms with Gasteiger partial charge in [0.2, 0.25) is 0 Å². The van der Waals surface area contributed by atoms with Gasteiger partial charge < -0.3 is 14.8 Å². The van der Waals surface area contributed by atoms with Gasteiger partial charge >= 0.3 is 5.97 Å². The summed E-state index contributed by atoms with van der Waals surface area (Å²) in [6, 6.07) is 13.6. The maximum Gasteiger partial charge on any atom is 0.338 e. The smallest absolute Gasteiger partial charge is 0.338 e. The minimum Gasteiger partial charge on any atom is -0.479 e. The molecule has 0 unspecified atom stereocenters. The minimum atomic E-state index is -0.677. The largest absolute Gasteiger partial charge is 0.479 e. The summed E-state index contributed by atoms with van der Waals surface area (Å²) >= 11 is 6.08. The van der Waals surface area contributed by atoms with E-state index in [1.807, 2.05) is 13.8 Å². The fraction of sp³-hybridized carbons (Fsp3) is 0.333. The summed E-state index contributed by atoms with van der Waals surface area (Å²) in [7, 11) is 0. The molecule has 0 saturated heterocycles. The van der Waals surface area contributed by atoms with E-state index < -0.39 is 6.10 Å². The molecular weight excluding hydrogens is 366 g/mol. The molecule has 6 heteroatoms. The summed E-state index contributed by atoms with van der Waals surface area (Å²) in [5.74, 6) is -0.183. The van der Waals surface area contributed by atoms with Crippen LogP contribution in [-0.4, -0.2) is 24.6 Å². The minimum absolute atomic E-state index is 0.282. The molecule has 0 radical (unpaired) electrons. The van der Waals surface area contributed by atoms with Crippen LogP contribution in [0.3, 0.4) is 0 Å². The topological polar surface area (TPSA) is 64.6 Å². The Kier molecular flexibility index (Phi) is 8.14. The molecule has 0 aliphatic heterocycles. The first-order valence-corrected chi connectivity index (χ1v) is 9.42. The second-order valence-electron chi connectivity index (χ2n) is 6.00. The molecule has 0 aliphatic rings. The quantitative estimate of drug-likeness (QED) is 0.479. The van der Waals surface area contributed by atoms with Crippen LogP contribution in [-0.2, 0) is 9.53 Å². The van der Waals surface area contributed by atoms with Gasteiger partial charge in [-0.15, -0.1) is 0 Å². The molecule has 0 aliphatic carbocycles. The second-order valence-corrected chi connectivity index (χ2v) is 6.41. The number of hydrogen-bond acceptors (Lipinski definition) is 4. The van der Waals surface area contributed by atoms with Crippen molar-refractivity contribution in [3.05, 3.63) is 59.1 Å². The fourth-order valence-electron chi connectivity index (χ4n) is 2.32. The zero-order valence-electron chi connectivity index (χ0n) is 15.5. The number of halogens is 1. The third-order valence-corrected chi connectivity index (χ3v) is 4.20. The van der Waals surface area contributed by atoms with E-state index in [1.54, 1.807) is 48.5 Å². The monoisotopic (exact) mass is 389 g/mol. The van der Waals surface area contributed by atoms with Crippen molar-refractivity contribution < 1.29 is 19.1 Å². The number of carbonyl (C=O) groups excluding carboxylic acids is 2. The van der Waals surface area contributed by atoms with Crippen molar-refractivity contribution in [3.8, 4) is 5.75 Å². The van der Waals surface area contributed by atoms with Gasteiger partial charge in [-0.1, -0.05) is 44.0 Å². The van der Waals surface area contributed by atoms with Crippen LogP contribution in [0.2, 0.25) is 5.02 Å². The number of amides is 1. The Balaban J connectivity index is 1.95. The van der Waals surface area contributed by atoms with Crippen molar-refractivity contribution in [2.45, 2.75) is 39.2 Å². The Morgan fingerprint density at radius 1 is 1.07 bits per heavy atom. The molecule has 0 saturated carbocycles. The lowest BCUT2D eigenvalue weighted by Crippen LogP contribution is -2.32. The average molecular weight is 390 g/mol. The lowest BCUT2D eigenvalue weighted by Gasteiger charge is -2.18. The van der Waals surface area contributed by atoms with Gasteiger partial charge in [-0.05, 0) is 49.2 Å². The number of carbonyl (C=O) groups is 2. The van der Waals surface area contributed by atoms with Crippen molar-refractivity contribution in [3.63, 3.8) is 0 Å². The zero-order valence-corrected chi connectivity index (χ0v) is 16.3. The summed E-state index contributed by atoms with van der Waals surface area (Å²) in [4.78, 5) is 24.4. The predicted molar refractivity (Wildman–Crippen MR) is 106 cm³/mol. The number of rotatable bonds is 9. The van der Waals surface area contributed by atoms with Crippen molar-refractivity contribution in [2.75, 3.05) is 11.9 Å². The maximum atomic E-state index is 12.5. The SMILES string of the molecule is CCCCOC(=O)c1ccc(NC(=O)[C@H](CC)Oc2ccccc2Cl)cc1.